The first-order valence-corrected chi connectivity index (χ1v) is 8.59. The second-order valence-corrected chi connectivity index (χ2v) is 6.52. The number of esters is 1. The lowest BCUT2D eigenvalue weighted by Crippen LogP contribution is -2.48. The highest BCUT2D eigenvalue weighted by Gasteiger charge is 2.32. The van der Waals surface area contributed by atoms with Crippen LogP contribution in [0, 0.1) is 5.92 Å². The number of hydrogen-bond donors (Lipinski definition) is 0. The second kappa shape index (κ2) is 8.40. The Kier molecular flexibility index (Phi) is 6.52. The molecule has 2 fully saturated rings. The van der Waals surface area contributed by atoms with Gasteiger partial charge in [-0.05, 0) is 38.0 Å². The first-order valence-electron chi connectivity index (χ1n) is 8.59. The van der Waals surface area contributed by atoms with Gasteiger partial charge in [-0.25, -0.2) is 4.79 Å². The van der Waals surface area contributed by atoms with Gasteiger partial charge >= 0.3 is 5.97 Å². The highest BCUT2D eigenvalue weighted by molar-refractivity contribution is 5.84. The molecule has 0 aromatic rings. The van der Waals surface area contributed by atoms with Crippen LogP contribution < -0.4 is 0 Å². The van der Waals surface area contributed by atoms with E-state index in [9.17, 15) is 9.59 Å². The Balaban J connectivity index is 1.76. The first kappa shape index (κ1) is 16.3. The molecule has 21 heavy (non-hydrogen) atoms. The van der Waals surface area contributed by atoms with Gasteiger partial charge in [-0.1, -0.05) is 32.1 Å². The summed E-state index contributed by atoms with van der Waals surface area (Å²) in [7, 11) is 1.41. The zero-order valence-corrected chi connectivity index (χ0v) is 13.3. The molecule has 2 rings (SSSR count). The number of rotatable bonds is 5. The molecule has 0 N–H and O–H groups in total. The van der Waals surface area contributed by atoms with Crippen molar-refractivity contribution in [2.75, 3.05) is 13.7 Å². The summed E-state index contributed by atoms with van der Waals surface area (Å²) in [5, 5.41) is 0. The summed E-state index contributed by atoms with van der Waals surface area (Å²) in [5.74, 6) is 0.709. The molecule has 120 valence electrons. The fourth-order valence-corrected chi connectivity index (χ4v) is 3.77. The fourth-order valence-electron chi connectivity index (χ4n) is 3.77. The van der Waals surface area contributed by atoms with Crippen LogP contribution >= 0.6 is 0 Å². The van der Waals surface area contributed by atoms with Crippen molar-refractivity contribution in [2.45, 2.75) is 76.7 Å². The van der Waals surface area contributed by atoms with Crippen LogP contribution in [0.2, 0.25) is 0 Å². The maximum atomic E-state index is 12.4. The van der Waals surface area contributed by atoms with E-state index in [2.05, 4.69) is 0 Å². The Bertz CT molecular complexity index is 350. The van der Waals surface area contributed by atoms with Crippen LogP contribution in [-0.4, -0.2) is 36.5 Å². The number of methoxy groups -OCH3 is 1. The largest absolute Gasteiger partial charge is 0.467 e. The number of ether oxygens (including phenoxy) is 1. The molecule has 0 radical (unpaired) electrons. The Morgan fingerprint density at radius 3 is 2.48 bits per heavy atom. The number of likely N-dealkylation sites (tertiary alicyclic amines) is 1. The lowest BCUT2D eigenvalue weighted by atomic mass is 9.86. The van der Waals surface area contributed by atoms with Crippen molar-refractivity contribution in [2.24, 2.45) is 5.92 Å². The number of piperidine rings is 1. The Morgan fingerprint density at radius 1 is 1.05 bits per heavy atom. The summed E-state index contributed by atoms with van der Waals surface area (Å²) in [6, 6.07) is -0.342. The van der Waals surface area contributed by atoms with Gasteiger partial charge in [-0.3, -0.25) is 4.79 Å². The highest BCUT2D eigenvalue weighted by atomic mass is 16.5. The van der Waals surface area contributed by atoms with Crippen LogP contribution in [0.25, 0.3) is 0 Å². The molecule has 0 spiro atoms. The predicted octanol–water partition coefficient (Wildman–Crippen LogP) is 3.29. The van der Waals surface area contributed by atoms with E-state index in [-0.39, 0.29) is 17.9 Å². The van der Waals surface area contributed by atoms with Crippen LogP contribution in [0.15, 0.2) is 0 Å². The highest BCUT2D eigenvalue weighted by Crippen LogP contribution is 2.28. The van der Waals surface area contributed by atoms with Gasteiger partial charge in [-0.15, -0.1) is 0 Å². The smallest absolute Gasteiger partial charge is 0.328 e. The van der Waals surface area contributed by atoms with E-state index in [1.165, 1.54) is 45.6 Å². The van der Waals surface area contributed by atoms with Crippen molar-refractivity contribution >= 4 is 11.9 Å². The molecule has 1 saturated heterocycles. The van der Waals surface area contributed by atoms with Crippen molar-refractivity contribution in [1.29, 1.82) is 0 Å². The quantitative estimate of drug-likeness (QED) is 0.731. The Morgan fingerprint density at radius 2 is 1.76 bits per heavy atom. The van der Waals surface area contributed by atoms with E-state index in [1.54, 1.807) is 4.90 Å². The van der Waals surface area contributed by atoms with Gasteiger partial charge in [-0.2, -0.15) is 0 Å². The fraction of sp³-hybridized carbons (Fsp3) is 0.882. The Labute approximate surface area is 128 Å². The van der Waals surface area contributed by atoms with Crippen molar-refractivity contribution < 1.29 is 14.3 Å². The minimum atomic E-state index is -0.342. The third kappa shape index (κ3) is 4.72. The van der Waals surface area contributed by atoms with Gasteiger partial charge in [0, 0.05) is 13.0 Å². The van der Waals surface area contributed by atoms with Crippen LogP contribution in [0.4, 0.5) is 0 Å². The number of carbonyl (C=O) groups excluding carboxylic acids is 2. The molecule has 4 heteroatoms. The molecule has 1 saturated carbocycles. The molecule has 1 heterocycles. The zero-order valence-electron chi connectivity index (χ0n) is 13.3. The molecule has 1 aliphatic heterocycles. The number of hydrogen-bond acceptors (Lipinski definition) is 3. The monoisotopic (exact) mass is 295 g/mol. The van der Waals surface area contributed by atoms with E-state index < -0.39 is 0 Å². The minimum absolute atomic E-state index is 0.140. The average molecular weight is 295 g/mol. The molecular formula is C17H29NO3. The van der Waals surface area contributed by atoms with Crippen molar-refractivity contribution in [3.8, 4) is 0 Å². The van der Waals surface area contributed by atoms with Crippen molar-refractivity contribution in [1.82, 2.24) is 4.90 Å². The molecule has 1 atom stereocenters. The summed E-state index contributed by atoms with van der Waals surface area (Å²) in [4.78, 5) is 25.9. The third-order valence-corrected chi connectivity index (χ3v) is 5.02. The predicted molar refractivity (Wildman–Crippen MR) is 81.8 cm³/mol. The SMILES string of the molecule is COC(=O)[C@H]1CCCCN1C(=O)CCCC1CCCCC1. The average Bonchev–Trinajstić information content (AvgIpc) is 2.55. The maximum Gasteiger partial charge on any atom is 0.328 e. The first-order chi connectivity index (χ1) is 10.2. The van der Waals surface area contributed by atoms with Crippen molar-refractivity contribution in [3.63, 3.8) is 0 Å². The topological polar surface area (TPSA) is 46.6 Å². The van der Waals surface area contributed by atoms with Crippen LogP contribution in [0.5, 0.6) is 0 Å². The molecule has 0 aromatic heterocycles. The Hall–Kier alpha value is -1.06. The summed E-state index contributed by atoms with van der Waals surface area (Å²) < 4.78 is 4.84. The lowest BCUT2D eigenvalue weighted by Gasteiger charge is -2.34. The van der Waals surface area contributed by atoms with Crippen LogP contribution in [0.1, 0.15) is 70.6 Å². The normalized spacial score (nSPS) is 23.9. The van der Waals surface area contributed by atoms with Gasteiger partial charge in [0.15, 0.2) is 0 Å². The number of carbonyl (C=O) groups is 2. The van der Waals surface area contributed by atoms with Gasteiger partial charge in [0.05, 0.1) is 7.11 Å². The maximum absolute atomic E-state index is 12.4. The second-order valence-electron chi connectivity index (χ2n) is 6.52. The summed E-state index contributed by atoms with van der Waals surface area (Å²) in [6.45, 7) is 0.710. The number of amides is 1. The van der Waals surface area contributed by atoms with Gasteiger partial charge in [0.1, 0.15) is 6.04 Å². The van der Waals surface area contributed by atoms with E-state index >= 15 is 0 Å². The number of nitrogens with zero attached hydrogens (tertiary/aromatic N) is 1. The zero-order chi connectivity index (χ0) is 15.1. The van der Waals surface area contributed by atoms with Crippen LogP contribution in [0.3, 0.4) is 0 Å². The van der Waals surface area contributed by atoms with Gasteiger partial charge in [0.2, 0.25) is 5.91 Å². The van der Waals surface area contributed by atoms with Crippen molar-refractivity contribution in [3.05, 3.63) is 0 Å². The molecule has 1 amide bonds. The molecule has 2 aliphatic rings. The molecule has 1 aliphatic carbocycles. The minimum Gasteiger partial charge on any atom is -0.467 e. The lowest BCUT2D eigenvalue weighted by molar-refractivity contribution is -0.154. The standard InChI is InChI=1S/C17H29NO3/c1-21-17(20)15-11-5-6-13-18(15)16(19)12-7-10-14-8-3-2-4-9-14/h14-15H,2-13H2,1H3/t15-/m1/s1. The molecule has 4 nitrogen and oxygen atoms in total. The summed E-state index contributed by atoms with van der Waals surface area (Å²) in [5.41, 5.74) is 0. The molecular weight excluding hydrogens is 266 g/mol. The third-order valence-electron chi connectivity index (χ3n) is 5.02. The summed E-state index contributed by atoms with van der Waals surface area (Å²) >= 11 is 0. The van der Waals surface area contributed by atoms with Crippen LogP contribution in [-0.2, 0) is 14.3 Å². The molecule has 0 aromatic carbocycles. The van der Waals surface area contributed by atoms with E-state index in [0.717, 1.165) is 31.6 Å². The van der Waals surface area contributed by atoms with E-state index in [4.69, 9.17) is 4.74 Å². The van der Waals surface area contributed by atoms with E-state index in [1.807, 2.05) is 0 Å². The van der Waals surface area contributed by atoms with E-state index in [0.29, 0.717) is 13.0 Å². The van der Waals surface area contributed by atoms with Gasteiger partial charge in [0.25, 0.3) is 0 Å². The molecule has 0 bridgehead atoms. The summed E-state index contributed by atoms with van der Waals surface area (Å²) in [6.07, 6.45) is 12.2. The van der Waals surface area contributed by atoms with Gasteiger partial charge < -0.3 is 9.64 Å². The molecule has 0 unspecified atom stereocenters.